The predicted octanol–water partition coefficient (Wildman–Crippen LogP) is 3.87. The topological polar surface area (TPSA) is 93.7 Å². The van der Waals surface area contributed by atoms with Crippen molar-refractivity contribution in [2.45, 2.75) is 0 Å². The molecule has 0 spiro atoms. The molecule has 4 aromatic rings. The first-order valence-corrected chi connectivity index (χ1v) is 10.2. The average Bonchev–Trinajstić information content (AvgIpc) is 3.17. The van der Waals surface area contributed by atoms with Crippen LogP contribution in [0.2, 0.25) is 0 Å². The lowest BCUT2D eigenvalue weighted by Crippen LogP contribution is -2.30. The fraction of sp³-hybridized carbons (Fsp3) is 0.0909. The summed E-state index contributed by atoms with van der Waals surface area (Å²) in [6.07, 6.45) is 1.46. The Bertz CT molecular complexity index is 1310. The molecule has 1 unspecified atom stereocenters. The van der Waals surface area contributed by atoms with Crippen molar-refractivity contribution >= 4 is 56.0 Å². The van der Waals surface area contributed by atoms with E-state index in [-0.39, 0.29) is 5.56 Å². The maximum atomic E-state index is 12.8. The standard InChI is InChI=1S/C22H19N3O4S/c1-24(2)22(27)21(26)16-13-23-17-10-6-12-19(20(16)17)25(30(28)29)18-11-5-8-14-7-3-4-9-15(14)18/h3-13,23H,1-2H3,(H,28,29). The van der Waals surface area contributed by atoms with Gasteiger partial charge in [0.15, 0.2) is 0 Å². The highest BCUT2D eigenvalue weighted by molar-refractivity contribution is 7.81. The maximum Gasteiger partial charge on any atom is 0.294 e. The quantitative estimate of drug-likeness (QED) is 0.291. The molecular formula is C22H19N3O4S. The third-order valence-electron chi connectivity index (χ3n) is 4.89. The number of hydrogen-bond acceptors (Lipinski definition) is 3. The van der Waals surface area contributed by atoms with Gasteiger partial charge in [0.2, 0.25) is 0 Å². The molecule has 152 valence electrons. The van der Waals surface area contributed by atoms with Crippen LogP contribution >= 0.6 is 0 Å². The number of ketones is 1. The molecule has 2 N–H and O–H groups in total. The second-order valence-electron chi connectivity index (χ2n) is 6.95. The molecule has 0 aliphatic heterocycles. The minimum atomic E-state index is -2.43. The molecule has 8 heteroatoms. The van der Waals surface area contributed by atoms with Crippen LogP contribution in [0.1, 0.15) is 10.4 Å². The number of carbonyl (C=O) groups is 2. The van der Waals surface area contributed by atoms with Gasteiger partial charge in [-0.1, -0.05) is 42.5 Å². The summed E-state index contributed by atoms with van der Waals surface area (Å²) in [7, 11) is 3.00. The van der Waals surface area contributed by atoms with Crippen LogP contribution in [0.4, 0.5) is 11.4 Å². The number of carbonyl (C=O) groups excluding carboxylic acids is 2. The van der Waals surface area contributed by atoms with Gasteiger partial charge < -0.3 is 9.88 Å². The van der Waals surface area contributed by atoms with Gasteiger partial charge >= 0.3 is 0 Å². The van der Waals surface area contributed by atoms with Gasteiger partial charge in [-0.3, -0.25) is 14.1 Å². The number of anilines is 2. The van der Waals surface area contributed by atoms with E-state index >= 15 is 0 Å². The minimum absolute atomic E-state index is 0.148. The van der Waals surface area contributed by atoms with Crippen LogP contribution in [-0.2, 0) is 16.1 Å². The van der Waals surface area contributed by atoms with Crippen LogP contribution in [0, 0.1) is 0 Å². The van der Waals surface area contributed by atoms with Gasteiger partial charge in [0.1, 0.15) is 0 Å². The molecule has 0 fully saturated rings. The lowest BCUT2D eigenvalue weighted by molar-refractivity contribution is -0.124. The molecule has 4 rings (SSSR count). The van der Waals surface area contributed by atoms with E-state index < -0.39 is 23.0 Å². The van der Waals surface area contributed by atoms with E-state index in [9.17, 15) is 18.4 Å². The third kappa shape index (κ3) is 3.26. The van der Waals surface area contributed by atoms with Crippen molar-refractivity contribution in [1.82, 2.24) is 9.88 Å². The summed E-state index contributed by atoms with van der Waals surface area (Å²) < 4.78 is 24.0. The predicted molar refractivity (Wildman–Crippen MR) is 118 cm³/mol. The number of H-pyrrole nitrogens is 1. The zero-order chi connectivity index (χ0) is 21.4. The van der Waals surface area contributed by atoms with Gasteiger partial charge in [-0.2, -0.15) is 0 Å². The third-order valence-corrected chi connectivity index (χ3v) is 5.60. The molecular weight excluding hydrogens is 402 g/mol. The molecule has 1 aromatic heterocycles. The first kappa shape index (κ1) is 19.8. The normalized spacial score (nSPS) is 12.1. The van der Waals surface area contributed by atoms with Crippen LogP contribution < -0.4 is 4.31 Å². The van der Waals surface area contributed by atoms with Crippen molar-refractivity contribution < 1.29 is 18.4 Å². The number of aromatic nitrogens is 1. The number of likely N-dealkylation sites (N-methyl/N-ethyl adjacent to an activating group) is 1. The van der Waals surface area contributed by atoms with Crippen LogP contribution in [0.5, 0.6) is 0 Å². The molecule has 1 amide bonds. The van der Waals surface area contributed by atoms with Crippen molar-refractivity contribution in [1.29, 1.82) is 0 Å². The highest BCUT2D eigenvalue weighted by Crippen LogP contribution is 2.38. The molecule has 7 nitrogen and oxygen atoms in total. The first-order chi connectivity index (χ1) is 14.4. The van der Waals surface area contributed by atoms with Crippen molar-refractivity contribution in [3.8, 4) is 0 Å². The van der Waals surface area contributed by atoms with Crippen LogP contribution in [0.3, 0.4) is 0 Å². The number of nitrogens with one attached hydrogen (secondary N) is 1. The molecule has 30 heavy (non-hydrogen) atoms. The highest BCUT2D eigenvalue weighted by Gasteiger charge is 2.27. The Balaban J connectivity index is 1.99. The summed E-state index contributed by atoms with van der Waals surface area (Å²) >= 11 is -2.43. The van der Waals surface area contributed by atoms with E-state index in [1.807, 2.05) is 30.3 Å². The Labute approximate surface area is 175 Å². The van der Waals surface area contributed by atoms with Crippen molar-refractivity contribution in [2.24, 2.45) is 0 Å². The SMILES string of the molecule is CN(C)C(=O)C(=O)c1c[nH]c2cccc(N(c3cccc4ccccc34)S(=O)O)c12. The summed E-state index contributed by atoms with van der Waals surface area (Å²) in [4.78, 5) is 29.3. The number of rotatable bonds is 5. The number of Topliss-reactive ketones (excluding diaryl/α,β-unsaturated/α-hetero) is 1. The van der Waals surface area contributed by atoms with Crippen LogP contribution in [0.25, 0.3) is 21.7 Å². The zero-order valence-corrected chi connectivity index (χ0v) is 17.1. The Morgan fingerprint density at radius 2 is 1.60 bits per heavy atom. The average molecular weight is 421 g/mol. The Morgan fingerprint density at radius 3 is 2.33 bits per heavy atom. The number of hydrogen-bond donors (Lipinski definition) is 2. The van der Waals surface area contributed by atoms with E-state index in [1.165, 1.54) is 29.5 Å². The van der Waals surface area contributed by atoms with Crippen molar-refractivity contribution in [3.05, 3.63) is 72.4 Å². The van der Waals surface area contributed by atoms with Gasteiger partial charge in [0.05, 0.1) is 16.9 Å². The van der Waals surface area contributed by atoms with Gasteiger partial charge in [0, 0.05) is 36.6 Å². The Kier molecular flexibility index (Phi) is 5.11. The number of amides is 1. The summed E-state index contributed by atoms with van der Waals surface area (Å²) in [5.41, 5.74) is 1.59. The first-order valence-electron chi connectivity index (χ1n) is 9.15. The van der Waals surface area contributed by atoms with Crippen molar-refractivity contribution in [3.63, 3.8) is 0 Å². The lowest BCUT2D eigenvalue weighted by atomic mass is 10.1. The molecule has 1 heterocycles. The summed E-state index contributed by atoms with van der Waals surface area (Å²) in [6, 6.07) is 18.1. The van der Waals surface area contributed by atoms with E-state index in [1.54, 1.807) is 30.3 Å². The molecule has 0 aliphatic rings. The minimum Gasteiger partial charge on any atom is -0.360 e. The van der Waals surface area contributed by atoms with E-state index in [0.717, 1.165) is 10.8 Å². The summed E-state index contributed by atoms with van der Waals surface area (Å²) in [5, 5.41) is 2.10. The number of nitrogens with zero attached hydrogens (tertiary/aromatic N) is 2. The van der Waals surface area contributed by atoms with Gasteiger partial charge in [0.25, 0.3) is 23.0 Å². The molecule has 3 aromatic carbocycles. The van der Waals surface area contributed by atoms with Gasteiger partial charge in [-0.05, 0) is 23.6 Å². The van der Waals surface area contributed by atoms with Crippen molar-refractivity contribution in [2.75, 3.05) is 18.4 Å². The lowest BCUT2D eigenvalue weighted by Gasteiger charge is -2.23. The molecule has 0 aliphatic carbocycles. The number of benzene rings is 3. The van der Waals surface area contributed by atoms with Crippen LogP contribution in [0.15, 0.2) is 66.9 Å². The molecule has 1 atom stereocenters. The van der Waals surface area contributed by atoms with Crippen LogP contribution in [-0.4, -0.2) is 44.4 Å². The molecule has 0 bridgehead atoms. The van der Waals surface area contributed by atoms with Gasteiger partial charge in [-0.15, -0.1) is 0 Å². The molecule has 0 saturated heterocycles. The molecule has 0 radical (unpaired) electrons. The zero-order valence-electron chi connectivity index (χ0n) is 16.3. The summed E-state index contributed by atoms with van der Waals surface area (Å²) in [5.74, 6) is -1.37. The van der Waals surface area contributed by atoms with Gasteiger partial charge in [-0.25, -0.2) is 8.51 Å². The largest absolute Gasteiger partial charge is 0.360 e. The highest BCUT2D eigenvalue weighted by atomic mass is 32.2. The van der Waals surface area contributed by atoms with E-state index in [4.69, 9.17) is 0 Å². The second-order valence-corrected chi connectivity index (χ2v) is 7.78. The Hall–Kier alpha value is -3.49. The monoisotopic (exact) mass is 421 g/mol. The number of aromatic amines is 1. The fourth-order valence-electron chi connectivity index (χ4n) is 3.52. The van der Waals surface area contributed by atoms with E-state index in [2.05, 4.69) is 4.98 Å². The van der Waals surface area contributed by atoms with E-state index in [0.29, 0.717) is 22.3 Å². The number of fused-ring (bicyclic) bond motifs is 2. The second kappa shape index (κ2) is 7.74. The summed E-state index contributed by atoms with van der Waals surface area (Å²) in [6.45, 7) is 0. The maximum absolute atomic E-state index is 12.8. The fourth-order valence-corrected chi connectivity index (χ4v) is 4.16. The smallest absolute Gasteiger partial charge is 0.294 e. The Morgan fingerprint density at radius 1 is 0.933 bits per heavy atom. The molecule has 0 saturated carbocycles.